The second-order valence-electron chi connectivity index (χ2n) is 3.68. The van der Waals surface area contributed by atoms with E-state index in [1.165, 1.54) is 0 Å². The van der Waals surface area contributed by atoms with Crippen molar-refractivity contribution in [2.45, 2.75) is 0 Å². The largest absolute Gasteiger partial charge is 0.396 e. The molecule has 3 rings (SSSR count). The van der Waals surface area contributed by atoms with Gasteiger partial charge in [-0.25, -0.2) is 9.50 Å². The van der Waals surface area contributed by atoms with Gasteiger partial charge >= 0.3 is 0 Å². The molecule has 2 N–H and O–H groups in total. The average molecular weight is 245 g/mol. The van der Waals surface area contributed by atoms with E-state index in [1.54, 1.807) is 16.8 Å². The highest BCUT2D eigenvalue weighted by molar-refractivity contribution is 6.30. The van der Waals surface area contributed by atoms with Gasteiger partial charge in [0.05, 0.1) is 10.7 Å². The third-order valence-corrected chi connectivity index (χ3v) is 2.67. The summed E-state index contributed by atoms with van der Waals surface area (Å²) in [6, 6.07) is 11.4. The molecule has 0 bridgehead atoms. The Bertz CT molecular complexity index is 676. The number of hydrogen-bond donors (Lipinski definition) is 1. The van der Waals surface area contributed by atoms with Gasteiger partial charge in [0.15, 0.2) is 11.5 Å². The van der Waals surface area contributed by atoms with Crippen molar-refractivity contribution >= 4 is 22.9 Å². The standard InChI is InChI=1S/C12H9ClN4/c13-9-6-10(14)12-15-11(16-17(12)7-9)8-4-2-1-3-5-8/h1-7H,14H2. The number of anilines is 1. The van der Waals surface area contributed by atoms with E-state index in [0.29, 0.717) is 22.2 Å². The monoisotopic (exact) mass is 244 g/mol. The number of nitrogens with zero attached hydrogens (tertiary/aromatic N) is 3. The molecule has 1 aromatic carbocycles. The molecule has 2 heterocycles. The zero-order chi connectivity index (χ0) is 11.8. The highest BCUT2D eigenvalue weighted by atomic mass is 35.5. The minimum Gasteiger partial charge on any atom is -0.396 e. The Hall–Kier alpha value is -2.07. The number of fused-ring (bicyclic) bond motifs is 1. The maximum absolute atomic E-state index is 5.91. The second kappa shape index (κ2) is 3.75. The number of hydrogen-bond acceptors (Lipinski definition) is 3. The van der Waals surface area contributed by atoms with Crippen LogP contribution in [0.2, 0.25) is 5.02 Å². The third kappa shape index (κ3) is 1.72. The van der Waals surface area contributed by atoms with E-state index in [0.717, 1.165) is 5.56 Å². The number of rotatable bonds is 1. The molecule has 4 nitrogen and oxygen atoms in total. The molecule has 0 saturated carbocycles. The summed E-state index contributed by atoms with van der Waals surface area (Å²) in [7, 11) is 0. The lowest BCUT2D eigenvalue weighted by molar-refractivity contribution is 0.967. The molecular formula is C12H9ClN4. The molecule has 0 fully saturated rings. The number of benzene rings is 1. The normalized spacial score (nSPS) is 10.9. The number of nitrogens with two attached hydrogens (primary N) is 1. The molecule has 0 aliphatic heterocycles. The summed E-state index contributed by atoms with van der Waals surface area (Å²) in [5, 5.41) is 4.89. The predicted molar refractivity (Wildman–Crippen MR) is 67.8 cm³/mol. The van der Waals surface area contributed by atoms with Gasteiger partial charge in [-0.05, 0) is 6.07 Å². The molecule has 0 amide bonds. The molecular weight excluding hydrogens is 236 g/mol. The molecule has 0 spiro atoms. The molecule has 17 heavy (non-hydrogen) atoms. The molecule has 0 unspecified atom stereocenters. The lowest BCUT2D eigenvalue weighted by Gasteiger charge is -1.95. The zero-order valence-electron chi connectivity index (χ0n) is 8.84. The van der Waals surface area contributed by atoms with Crippen LogP contribution in [0.1, 0.15) is 0 Å². The third-order valence-electron chi connectivity index (χ3n) is 2.46. The maximum Gasteiger partial charge on any atom is 0.182 e. The van der Waals surface area contributed by atoms with Crippen LogP contribution in [0.3, 0.4) is 0 Å². The smallest absolute Gasteiger partial charge is 0.182 e. The van der Waals surface area contributed by atoms with Gasteiger partial charge in [-0.15, -0.1) is 5.10 Å². The van der Waals surface area contributed by atoms with Crippen molar-refractivity contribution in [3.8, 4) is 11.4 Å². The van der Waals surface area contributed by atoms with E-state index in [2.05, 4.69) is 10.1 Å². The van der Waals surface area contributed by atoms with Crippen molar-refractivity contribution in [3.05, 3.63) is 47.6 Å². The molecule has 84 valence electrons. The first-order valence-corrected chi connectivity index (χ1v) is 5.48. The first-order chi connectivity index (χ1) is 8.24. The Labute approximate surface area is 103 Å². The Morgan fingerprint density at radius 1 is 1.18 bits per heavy atom. The van der Waals surface area contributed by atoms with Crippen LogP contribution in [0, 0.1) is 0 Å². The van der Waals surface area contributed by atoms with E-state index in [1.807, 2.05) is 30.3 Å². The number of nitrogen functional groups attached to an aromatic ring is 1. The minimum absolute atomic E-state index is 0.521. The van der Waals surface area contributed by atoms with E-state index >= 15 is 0 Å². The Balaban J connectivity index is 2.24. The quantitative estimate of drug-likeness (QED) is 0.716. The summed E-state index contributed by atoms with van der Waals surface area (Å²) in [4.78, 5) is 4.39. The van der Waals surface area contributed by atoms with Gasteiger partial charge in [-0.3, -0.25) is 0 Å². The highest BCUT2D eigenvalue weighted by Gasteiger charge is 2.08. The van der Waals surface area contributed by atoms with Crippen LogP contribution < -0.4 is 5.73 Å². The van der Waals surface area contributed by atoms with Gasteiger partial charge in [0.1, 0.15) is 0 Å². The zero-order valence-corrected chi connectivity index (χ0v) is 9.59. The molecule has 0 radical (unpaired) electrons. The van der Waals surface area contributed by atoms with Gasteiger partial charge in [0, 0.05) is 11.8 Å². The topological polar surface area (TPSA) is 56.2 Å². The van der Waals surface area contributed by atoms with Crippen molar-refractivity contribution in [2.24, 2.45) is 0 Å². The van der Waals surface area contributed by atoms with Crippen molar-refractivity contribution in [2.75, 3.05) is 5.73 Å². The maximum atomic E-state index is 5.91. The van der Waals surface area contributed by atoms with Crippen LogP contribution in [0.25, 0.3) is 17.0 Å². The average Bonchev–Trinajstić information content (AvgIpc) is 2.74. The summed E-state index contributed by atoms with van der Waals surface area (Å²) < 4.78 is 1.60. The summed E-state index contributed by atoms with van der Waals surface area (Å²) in [5.74, 6) is 0.638. The fraction of sp³-hybridized carbons (Fsp3) is 0. The van der Waals surface area contributed by atoms with Gasteiger partial charge in [-0.1, -0.05) is 41.9 Å². The highest BCUT2D eigenvalue weighted by Crippen LogP contribution is 2.21. The first kappa shape index (κ1) is 10.1. The number of pyridine rings is 1. The minimum atomic E-state index is 0.521. The van der Waals surface area contributed by atoms with Crippen LogP contribution in [0.15, 0.2) is 42.6 Å². The summed E-state index contributed by atoms with van der Waals surface area (Å²) in [6.45, 7) is 0. The summed E-state index contributed by atoms with van der Waals surface area (Å²) >= 11 is 5.91. The molecule has 0 atom stereocenters. The fourth-order valence-corrected chi connectivity index (χ4v) is 1.90. The second-order valence-corrected chi connectivity index (χ2v) is 4.12. The van der Waals surface area contributed by atoms with E-state index < -0.39 is 0 Å². The van der Waals surface area contributed by atoms with E-state index in [4.69, 9.17) is 17.3 Å². The lowest BCUT2D eigenvalue weighted by Crippen LogP contribution is -1.93. The molecule has 0 aliphatic carbocycles. The van der Waals surface area contributed by atoms with Crippen molar-refractivity contribution in [1.29, 1.82) is 0 Å². The van der Waals surface area contributed by atoms with Crippen LogP contribution in [0.4, 0.5) is 5.69 Å². The Morgan fingerprint density at radius 2 is 1.94 bits per heavy atom. The van der Waals surface area contributed by atoms with Gasteiger partial charge in [0.25, 0.3) is 0 Å². The van der Waals surface area contributed by atoms with Crippen LogP contribution in [-0.4, -0.2) is 14.6 Å². The number of aromatic nitrogens is 3. The summed E-state index contributed by atoms with van der Waals surface area (Å²) in [5.41, 5.74) is 7.93. The number of halogens is 1. The van der Waals surface area contributed by atoms with Crippen molar-refractivity contribution in [1.82, 2.24) is 14.6 Å². The van der Waals surface area contributed by atoms with Crippen molar-refractivity contribution in [3.63, 3.8) is 0 Å². The van der Waals surface area contributed by atoms with Crippen LogP contribution >= 0.6 is 11.6 Å². The predicted octanol–water partition coefficient (Wildman–Crippen LogP) is 2.63. The fourth-order valence-electron chi connectivity index (χ4n) is 1.69. The van der Waals surface area contributed by atoms with Gasteiger partial charge in [0.2, 0.25) is 0 Å². The Morgan fingerprint density at radius 3 is 2.71 bits per heavy atom. The molecule has 5 heteroatoms. The first-order valence-electron chi connectivity index (χ1n) is 5.11. The van der Waals surface area contributed by atoms with Gasteiger partial charge < -0.3 is 5.73 Å². The van der Waals surface area contributed by atoms with Crippen molar-refractivity contribution < 1.29 is 0 Å². The van der Waals surface area contributed by atoms with E-state index in [9.17, 15) is 0 Å². The lowest BCUT2D eigenvalue weighted by atomic mass is 10.2. The summed E-state index contributed by atoms with van der Waals surface area (Å²) in [6.07, 6.45) is 1.69. The molecule has 2 aromatic heterocycles. The molecule has 0 saturated heterocycles. The van der Waals surface area contributed by atoms with Crippen LogP contribution in [0.5, 0.6) is 0 Å². The Kier molecular flexibility index (Phi) is 2.23. The molecule has 0 aliphatic rings. The van der Waals surface area contributed by atoms with Gasteiger partial charge in [-0.2, -0.15) is 0 Å². The van der Waals surface area contributed by atoms with E-state index in [-0.39, 0.29) is 0 Å². The molecule has 3 aromatic rings. The van der Waals surface area contributed by atoms with Crippen LogP contribution in [-0.2, 0) is 0 Å². The SMILES string of the molecule is Nc1cc(Cl)cn2nc(-c3ccccc3)nc12.